The first kappa shape index (κ1) is 12.2. The smallest absolute Gasteiger partial charge is 0.257 e. The highest BCUT2D eigenvalue weighted by atomic mass is 16.1. The number of likely N-dealkylation sites (N-methyl/N-ethyl adjacent to an activating group) is 1. The summed E-state index contributed by atoms with van der Waals surface area (Å²) in [6.45, 7) is 7.47. The van der Waals surface area contributed by atoms with Crippen molar-refractivity contribution in [1.82, 2.24) is 14.3 Å². The number of hydrogen-bond donors (Lipinski definition) is 0. The van der Waals surface area contributed by atoms with E-state index in [0.717, 1.165) is 38.4 Å². The zero-order valence-electron chi connectivity index (χ0n) is 11.1. The Hall–Kier alpha value is -1.88. The van der Waals surface area contributed by atoms with Crippen molar-refractivity contribution in [2.75, 3.05) is 37.6 Å². The molecule has 0 unspecified atom stereocenters. The molecule has 0 spiro atoms. The lowest BCUT2D eigenvalue weighted by Crippen LogP contribution is -2.46. The highest BCUT2D eigenvalue weighted by molar-refractivity contribution is 5.51. The lowest BCUT2D eigenvalue weighted by atomic mass is 10.2. The molecule has 0 aliphatic carbocycles. The first-order chi connectivity index (χ1) is 9.28. The number of rotatable bonds is 2. The van der Waals surface area contributed by atoms with Crippen molar-refractivity contribution in [3.63, 3.8) is 0 Å². The van der Waals surface area contributed by atoms with E-state index in [1.165, 1.54) is 6.07 Å². The van der Waals surface area contributed by atoms with Gasteiger partial charge in [-0.1, -0.05) is 6.92 Å². The second-order valence-corrected chi connectivity index (χ2v) is 4.82. The fourth-order valence-corrected chi connectivity index (χ4v) is 2.53. The van der Waals surface area contributed by atoms with Crippen molar-refractivity contribution in [2.45, 2.75) is 6.92 Å². The van der Waals surface area contributed by atoms with E-state index in [9.17, 15) is 4.79 Å². The summed E-state index contributed by atoms with van der Waals surface area (Å²) in [4.78, 5) is 20.8. The van der Waals surface area contributed by atoms with Gasteiger partial charge in [-0.3, -0.25) is 9.20 Å². The van der Waals surface area contributed by atoms with Crippen molar-refractivity contribution in [1.29, 1.82) is 0 Å². The zero-order valence-corrected chi connectivity index (χ0v) is 11.1. The molecule has 0 bridgehead atoms. The van der Waals surface area contributed by atoms with E-state index < -0.39 is 0 Å². The Morgan fingerprint density at radius 2 is 1.95 bits per heavy atom. The predicted molar refractivity (Wildman–Crippen MR) is 75.8 cm³/mol. The third-order valence-electron chi connectivity index (χ3n) is 3.76. The Morgan fingerprint density at radius 3 is 2.68 bits per heavy atom. The average molecular weight is 258 g/mol. The SMILES string of the molecule is CCN1CCN(c2ccc3nccc(=O)n3c2)CC1. The number of hydrogen-bond acceptors (Lipinski definition) is 4. The van der Waals surface area contributed by atoms with E-state index in [1.54, 1.807) is 10.6 Å². The first-order valence-electron chi connectivity index (χ1n) is 6.72. The molecule has 2 aromatic heterocycles. The zero-order chi connectivity index (χ0) is 13.2. The second kappa shape index (κ2) is 5.01. The number of aromatic nitrogens is 2. The lowest BCUT2D eigenvalue weighted by Gasteiger charge is -2.35. The van der Waals surface area contributed by atoms with Crippen LogP contribution in [0.25, 0.3) is 5.65 Å². The normalized spacial score (nSPS) is 17.0. The summed E-state index contributed by atoms with van der Waals surface area (Å²) in [7, 11) is 0. The molecule has 3 heterocycles. The molecule has 1 aliphatic heterocycles. The number of pyridine rings is 1. The van der Waals surface area contributed by atoms with E-state index in [1.807, 2.05) is 18.3 Å². The monoisotopic (exact) mass is 258 g/mol. The van der Waals surface area contributed by atoms with Crippen LogP contribution in [0.4, 0.5) is 5.69 Å². The summed E-state index contributed by atoms with van der Waals surface area (Å²) < 4.78 is 1.61. The van der Waals surface area contributed by atoms with Gasteiger partial charge in [0.1, 0.15) is 5.65 Å². The molecule has 2 aromatic rings. The van der Waals surface area contributed by atoms with Gasteiger partial charge in [-0.15, -0.1) is 0 Å². The van der Waals surface area contributed by atoms with Crippen LogP contribution < -0.4 is 10.5 Å². The van der Waals surface area contributed by atoms with Gasteiger partial charge in [0.15, 0.2) is 0 Å². The van der Waals surface area contributed by atoms with Gasteiger partial charge in [-0.2, -0.15) is 0 Å². The van der Waals surface area contributed by atoms with Gasteiger partial charge in [0.2, 0.25) is 0 Å². The molecule has 0 saturated carbocycles. The third kappa shape index (κ3) is 2.33. The molecule has 0 aromatic carbocycles. The largest absolute Gasteiger partial charge is 0.368 e. The molecule has 0 amide bonds. The molecular formula is C14H18N4O. The Labute approximate surface area is 112 Å². The minimum absolute atomic E-state index is 0.0287. The number of fused-ring (bicyclic) bond motifs is 1. The van der Waals surface area contributed by atoms with Gasteiger partial charge in [-0.25, -0.2) is 4.98 Å². The molecule has 0 radical (unpaired) electrons. The summed E-state index contributed by atoms with van der Waals surface area (Å²) in [6.07, 6.45) is 3.45. The van der Waals surface area contributed by atoms with Gasteiger partial charge >= 0.3 is 0 Å². The molecule has 1 fully saturated rings. The fourth-order valence-electron chi connectivity index (χ4n) is 2.53. The van der Waals surface area contributed by atoms with E-state index in [0.29, 0.717) is 5.65 Å². The predicted octanol–water partition coefficient (Wildman–Crippen LogP) is 0.836. The van der Waals surface area contributed by atoms with Crippen LogP contribution in [-0.4, -0.2) is 47.0 Å². The maximum atomic E-state index is 11.8. The molecule has 100 valence electrons. The highest BCUT2D eigenvalue weighted by Gasteiger charge is 2.16. The van der Waals surface area contributed by atoms with Crippen molar-refractivity contribution >= 4 is 11.3 Å². The van der Waals surface area contributed by atoms with Crippen LogP contribution in [0.15, 0.2) is 35.4 Å². The van der Waals surface area contributed by atoms with Gasteiger partial charge in [0, 0.05) is 44.6 Å². The van der Waals surface area contributed by atoms with Crippen LogP contribution in [0.5, 0.6) is 0 Å². The van der Waals surface area contributed by atoms with Crippen molar-refractivity contribution in [3.8, 4) is 0 Å². The first-order valence-corrected chi connectivity index (χ1v) is 6.72. The third-order valence-corrected chi connectivity index (χ3v) is 3.76. The van der Waals surface area contributed by atoms with E-state index in [-0.39, 0.29) is 5.56 Å². The van der Waals surface area contributed by atoms with Gasteiger partial charge in [-0.05, 0) is 18.7 Å². The molecule has 1 saturated heterocycles. The van der Waals surface area contributed by atoms with Crippen LogP contribution in [0.3, 0.4) is 0 Å². The maximum Gasteiger partial charge on any atom is 0.257 e. The molecule has 5 heteroatoms. The van der Waals surface area contributed by atoms with E-state index in [4.69, 9.17) is 0 Å². The maximum absolute atomic E-state index is 11.8. The van der Waals surface area contributed by atoms with Gasteiger partial charge in [0.25, 0.3) is 5.56 Å². The minimum Gasteiger partial charge on any atom is -0.368 e. The van der Waals surface area contributed by atoms with Crippen molar-refractivity contribution in [3.05, 3.63) is 40.9 Å². The quantitative estimate of drug-likeness (QED) is 0.800. The topological polar surface area (TPSA) is 40.8 Å². The minimum atomic E-state index is -0.0287. The Kier molecular flexibility index (Phi) is 3.21. The molecule has 0 atom stereocenters. The molecule has 19 heavy (non-hydrogen) atoms. The molecule has 0 N–H and O–H groups in total. The van der Waals surface area contributed by atoms with Crippen LogP contribution in [0.2, 0.25) is 0 Å². The molecule has 1 aliphatic rings. The summed E-state index contributed by atoms with van der Waals surface area (Å²) in [5.41, 5.74) is 1.76. The Morgan fingerprint density at radius 1 is 1.16 bits per heavy atom. The standard InChI is InChI=1S/C14H18N4O/c1-2-16-7-9-17(10-8-16)12-3-4-13-15-6-5-14(19)18(13)11-12/h3-6,11H,2,7-10H2,1H3. The molecule has 3 rings (SSSR count). The number of nitrogens with zero attached hydrogens (tertiary/aromatic N) is 4. The number of anilines is 1. The van der Waals surface area contributed by atoms with Crippen LogP contribution >= 0.6 is 0 Å². The van der Waals surface area contributed by atoms with Gasteiger partial charge < -0.3 is 9.80 Å². The fraction of sp³-hybridized carbons (Fsp3) is 0.429. The molecule has 5 nitrogen and oxygen atoms in total. The number of piperazine rings is 1. The second-order valence-electron chi connectivity index (χ2n) is 4.82. The van der Waals surface area contributed by atoms with Crippen molar-refractivity contribution < 1.29 is 0 Å². The Bertz CT molecular complexity index is 629. The molecular weight excluding hydrogens is 240 g/mol. The lowest BCUT2D eigenvalue weighted by molar-refractivity contribution is 0.271. The van der Waals surface area contributed by atoms with Crippen molar-refractivity contribution in [2.24, 2.45) is 0 Å². The van der Waals surface area contributed by atoms with Crippen LogP contribution in [0, 0.1) is 0 Å². The average Bonchev–Trinajstić information content (AvgIpc) is 2.47. The van der Waals surface area contributed by atoms with Gasteiger partial charge in [0.05, 0.1) is 5.69 Å². The highest BCUT2D eigenvalue weighted by Crippen LogP contribution is 2.16. The Balaban J connectivity index is 1.90. The summed E-state index contributed by atoms with van der Waals surface area (Å²) in [5, 5.41) is 0. The summed E-state index contributed by atoms with van der Waals surface area (Å²) in [5.74, 6) is 0. The summed E-state index contributed by atoms with van der Waals surface area (Å²) >= 11 is 0. The summed E-state index contributed by atoms with van der Waals surface area (Å²) in [6, 6.07) is 5.44. The van der Waals surface area contributed by atoms with Crippen LogP contribution in [-0.2, 0) is 0 Å². The van der Waals surface area contributed by atoms with E-state index >= 15 is 0 Å². The van der Waals surface area contributed by atoms with E-state index in [2.05, 4.69) is 21.7 Å². The van der Waals surface area contributed by atoms with Crippen LogP contribution in [0.1, 0.15) is 6.92 Å².